The highest BCUT2D eigenvalue weighted by molar-refractivity contribution is 5.96. The minimum atomic E-state index is -0.312. The van der Waals surface area contributed by atoms with Gasteiger partial charge in [0.25, 0.3) is 5.91 Å². The molecule has 0 aliphatic heterocycles. The van der Waals surface area contributed by atoms with Crippen LogP contribution in [-0.4, -0.2) is 22.9 Å². The van der Waals surface area contributed by atoms with Crippen molar-refractivity contribution in [2.24, 2.45) is 0 Å². The first-order valence-electron chi connectivity index (χ1n) is 3.89. The molecule has 0 aromatic carbocycles. The van der Waals surface area contributed by atoms with Gasteiger partial charge in [0, 0.05) is 7.05 Å². The second-order valence-corrected chi connectivity index (χ2v) is 2.71. The molecule has 5 nitrogen and oxygen atoms in total. The van der Waals surface area contributed by atoms with E-state index in [9.17, 15) is 4.79 Å². The van der Waals surface area contributed by atoms with Crippen LogP contribution in [0, 0.1) is 13.8 Å². The highest BCUT2D eigenvalue weighted by atomic mass is 16.1. The number of amides is 1. The molecule has 0 saturated carbocycles. The lowest BCUT2D eigenvalue weighted by atomic mass is 10.3. The molecule has 1 aromatic rings. The topological polar surface area (TPSA) is 80.9 Å². The molecule has 5 heteroatoms. The number of anilines is 1. The highest BCUT2D eigenvalue weighted by Crippen LogP contribution is 2.08. The van der Waals surface area contributed by atoms with Gasteiger partial charge in [-0.3, -0.25) is 4.79 Å². The van der Waals surface area contributed by atoms with Crippen LogP contribution in [-0.2, 0) is 0 Å². The van der Waals surface area contributed by atoms with Crippen molar-refractivity contribution in [1.29, 1.82) is 0 Å². The van der Waals surface area contributed by atoms with Crippen LogP contribution in [0.3, 0.4) is 0 Å². The Labute approximate surface area is 76.4 Å². The van der Waals surface area contributed by atoms with Crippen LogP contribution in [0.25, 0.3) is 0 Å². The number of nitrogen functional groups attached to an aromatic ring is 1. The Balaban J connectivity index is 3.23. The lowest BCUT2D eigenvalue weighted by molar-refractivity contribution is 0.0958. The smallest absolute Gasteiger partial charge is 0.273 e. The third-order valence-electron chi connectivity index (χ3n) is 1.78. The van der Waals surface area contributed by atoms with Crippen LogP contribution in [0.15, 0.2) is 0 Å². The maximum Gasteiger partial charge on any atom is 0.273 e. The maximum absolute atomic E-state index is 11.2. The van der Waals surface area contributed by atoms with E-state index in [1.165, 1.54) is 7.05 Å². The van der Waals surface area contributed by atoms with E-state index in [2.05, 4.69) is 15.3 Å². The maximum atomic E-state index is 11.2. The number of hydrogen-bond donors (Lipinski definition) is 2. The normalized spacial score (nSPS) is 9.77. The second-order valence-electron chi connectivity index (χ2n) is 2.71. The molecular weight excluding hydrogens is 168 g/mol. The zero-order chi connectivity index (χ0) is 10.0. The monoisotopic (exact) mass is 180 g/mol. The third kappa shape index (κ3) is 1.74. The number of hydrogen-bond acceptors (Lipinski definition) is 4. The molecule has 70 valence electrons. The minimum Gasteiger partial charge on any atom is -0.382 e. The van der Waals surface area contributed by atoms with Crippen molar-refractivity contribution in [3.8, 4) is 0 Å². The van der Waals surface area contributed by atoms with Crippen molar-refractivity contribution < 1.29 is 4.79 Å². The molecule has 1 heterocycles. The van der Waals surface area contributed by atoms with Crippen LogP contribution in [0.4, 0.5) is 5.82 Å². The molecule has 13 heavy (non-hydrogen) atoms. The van der Waals surface area contributed by atoms with E-state index in [1.807, 2.05) is 0 Å². The number of carbonyl (C=O) groups excluding carboxylic acids is 1. The van der Waals surface area contributed by atoms with Gasteiger partial charge in [-0.05, 0) is 13.8 Å². The van der Waals surface area contributed by atoms with Gasteiger partial charge in [-0.2, -0.15) is 0 Å². The first kappa shape index (κ1) is 9.44. The molecule has 0 aliphatic rings. The number of aromatic nitrogens is 2. The summed E-state index contributed by atoms with van der Waals surface area (Å²) in [6.45, 7) is 3.58. The average Bonchev–Trinajstić information content (AvgIpc) is 2.10. The second kappa shape index (κ2) is 3.38. The first-order chi connectivity index (χ1) is 6.06. The zero-order valence-corrected chi connectivity index (χ0v) is 7.88. The zero-order valence-electron chi connectivity index (χ0n) is 7.88. The van der Waals surface area contributed by atoms with Crippen LogP contribution < -0.4 is 11.1 Å². The number of rotatable bonds is 1. The van der Waals surface area contributed by atoms with Crippen LogP contribution in [0.2, 0.25) is 0 Å². The quantitative estimate of drug-likeness (QED) is 0.639. The molecule has 0 radical (unpaired) electrons. The minimum absolute atomic E-state index is 0.169. The van der Waals surface area contributed by atoms with Crippen molar-refractivity contribution in [2.45, 2.75) is 13.8 Å². The van der Waals surface area contributed by atoms with Gasteiger partial charge >= 0.3 is 0 Å². The fourth-order valence-electron chi connectivity index (χ4n) is 0.906. The van der Waals surface area contributed by atoms with Crippen molar-refractivity contribution in [3.05, 3.63) is 17.1 Å². The van der Waals surface area contributed by atoms with Gasteiger partial charge in [0.15, 0.2) is 11.5 Å². The summed E-state index contributed by atoms with van der Waals surface area (Å²) in [5, 5.41) is 2.45. The van der Waals surface area contributed by atoms with E-state index in [-0.39, 0.29) is 17.4 Å². The summed E-state index contributed by atoms with van der Waals surface area (Å²) in [6.07, 6.45) is 0. The summed E-state index contributed by atoms with van der Waals surface area (Å²) in [5.74, 6) is -0.143. The Morgan fingerprint density at radius 3 is 2.38 bits per heavy atom. The Hall–Kier alpha value is -1.65. The molecule has 1 aromatic heterocycles. The predicted octanol–water partition coefficient (Wildman–Crippen LogP) is 0.0352. The van der Waals surface area contributed by atoms with Gasteiger partial charge in [-0.1, -0.05) is 0 Å². The van der Waals surface area contributed by atoms with E-state index < -0.39 is 0 Å². The van der Waals surface area contributed by atoms with Crippen molar-refractivity contribution in [1.82, 2.24) is 15.3 Å². The molecule has 1 amide bonds. The molecule has 1 rings (SSSR count). The summed E-state index contributed by atoms with van der Waals surface area (Å²) >= 11 is 0. The van der Waals surface area contributed by atoms with E-state index in [0.29, 0.717) is 5.69 Å². The molecule has 0 bridgehead atoms. The largest absolute Gasteiger partial charge is 0.382 e. The summed E-state index contributed by atoms with van der Waals surface area (Å²) in [4.78, 5) is 19.2. The molecule has 3 N–H and O–H groups in total. The summed E-state index contributed by atoms with van der Waals surface area (Å²) in [7, 11) is 1.53. The van der Waals surface area contributed by atoms with E-state index >= 15 is 0 Å². The molecule has 0 unspecified atom stereocenters. The first-order valence-corrected chi connectivity index (χ1v) is 3.89. The van der Waals surface area contributed by atoms with Crippen LogP contribution in [0.1, 0.15) is 21.9 Å². The number of carbonyl (C=O) groups is 1. The van der Waals surface area contributed by atoms with Crippen LogP contribution >= 0.6 is 0 Å². The number of nitrogens with zero attached hydrogens (tertiary/aromatic N) is 2. The average molecular weight is 180 g/mol. The Morgan fingerprint density at radius 2 is 1.85 bits per heavy atom. The highest BCUT2D eigenvalue weighted by Gasteiger charge is 2.12. The van der Waals surface area contributed by atoms with Crippen LogP contribution in [0.5, 0.6) is 0 Å². The summed E-state index contributed by atoms with van der Waals surface area (Å²) in [5.41, 5.74) is 7.17. The third-order valence-corrected chi connectivity index (χ3v) is 1.78. The lowest BCUT2D eigenvalue weighted by Gasteiger charge is -2.05. The lowest BCUT2D eigenvalue weighted by Crippen LogP contribution is -2.22. The van der Waals surface area contributed by atoms with Crippen molar-refractivity contribution in [2.75, 3.05) is 12.8 Å². The molecule has 0 atom stereocenters. The fraction of sp³-hybridized carbons (Fsp3) is 0.375. The van der Waals surface area contributed by atoms with Gasteiger partial charge in [0.2, 0.25) is 0 Å². The number of aryl methyl sites for hydroxylation is 2. The fourth-order valence-corrected chi connectivity index (χ4v) is 0.906. The molecule has 0 fully saturated rings. The molecule has 0 spiro atoms. The van der Waals surface area contributed by atoms with E-state index in [0.717, 1.165) is 5.69 Å². The van der Waals surface area contributed by atoms with E-state index in [1.54, 1.807) is 13.8 Å². The molecular formula is C8H12N4O. The van der Waals surface area contributed by atoms with Gasteiger partial charge in [-0.25, -0.2) is 9.97 Å². The summed E-state index contributed by atoms with van der Waals surface area (Å²) in [6, 6.07) is 0. The van der Waals surface area contributed by atoms with Gasteiger partial charge < -0.3 is 11.1 Å². The standard InChI is InChI=1S/C8H12N4O/c1-4-5(2)12-7(9)6(11-4)8(13)10-3/h1-3H3,(H2,9,12)(H,10,13). The Kier molecular flexibility index (Phi) is 2.46. The summed E-state index contributed by atoms with van der Waals surface area (Å²) < 4.78 is 0. The van der Waals surface area contributed by atoms with Gasteiger partial charge in [0.1, 0.15) is 0 Å². The molecule has 0 saturated heterocycles. The Morgan fingerprint density at radius 1 is 1.31 bits per heavy atom. The predicted molar refractivity (Wildman–Crippen MR) is 49.3 cm³/mol. The van der Waals surface area contributed by atoms with Gasteiger partial charge in [0.05, 0.1) is 11.4 Å². The Bertz CT molecular complexity index is 348. The number of nitrogens with two attached hydrogens (primary N) is 1. The van der Waals surface area contributed by atoms with Crippen molar-refractivity contribution in [3.63, 3.8) is 0 Å². The van der Waals surface area contributed by atoms with Gasteiger partial charge in [-0.15, -0.1) is 0 Å². The SMILES string of the molecule is CNC(=O)c1nc(C)c(C)nc1N. The molecule has 0 aliphatic carbocycles. The van der Waals surface area contributed by atoms with E-state index in [4.69, 9.17) is 5.73 Å². The van der Waals surface area contributed by atoms with Crippen molar-refractivity contribution >= 4 is 11.7 Å². The number of nitrogens with one attached hydrogen (secondary N) is 1.